The minimum atomic E-state index is 0.258. The molecule has 1 aliphatic rings. The molecular formula is C17H26O2. The van der Waals surface area contributed by atoms with Crippen LogP contribution in [0.15, 0.2) is 18.2 Å². The molecule has 2 nitrogen and oxygen atoms in total. The van der Waals surface area contributed by atoms with Crippen molar-refractivity contribution in [3.05, 3.63) is 29.3 Å². The normalized spacial score (nSPS) is 17.9. The van der Waals surface area contributed by atoms with E-state index in [4.69, 9.17) is 4.74 Å². The number of hydrogen-bond donors (Lipinski definition) is 1. The van der Waals surface area contributed by atoms with E-state index in [9.17, 15) is 5.11 Å². The molecule has 0 aliphatic heterocycles. The molecule has 0 bridgehead atoms. The van der Waals surface area contributed by atoms with Crippen LogP contribution in [0.5, 0.6) is 5.75 Å². The number of rotatable bonds is 5. The highest BCUT2D eigenvalue weighted by molar-refractivity contribution is 5.40. The van der Waals surface area contributed by atoms with Crippen LogP contribution in [0.3, 0.4) is 0 Å². The molecule has 2 rings (SSSR count). The van der Waals surface area contributed by atoms with Gasteiger partial charge >= 0.3 is 0 Å². The molecule has 1 N–H and O–H groups in total. The van der Waals surface area contributed by atoms with Crippen LogP contribution in [0.2, 0.25) is 0 Å². The molecular weight excluding hydrogens is 236 g/mol. The van der Waals surface area contributed by atoms with E-state index in [0.717, 1.165) is 5.75 Å². The average Bonchev–Trinajstić information content (AvgIpc) is 2.93. The Morgan fingerprint density at radius 2 is 1.95 bits per heavy atom. The van der Waals surface area contributed by atoms with Gasteiger partial charge in [-0.2, -0.15) is 0 Å². The lowest BCUT2D eigenvalue weighted by Crippen LogP contribution is -2.14. The van der Waals surface area contributed by atoms with E-state index in [0.29, 0.717) is 17.8 Å². The second kappa shape index (κ2) is 6.42. The summed E-state index contributed by atoms with van der Waals surface area (Å²) in [5, 5.41) is 9.76. The van der Waals surface area contributed by atoms with E-state index < -0.39 is 0 Å². The first-order valence-electron chi connectivity index (χ1n) is 7.46. The highest BCUT2D eigenvalue weighted by atomic mass is 16.5. The van der Waals surface area contributed by atoms with E-state index in [1.165, 1.54) is 36.8 Å². The fourth-order valence-electron chi connectivity index (χ4n) is 3.32. The Morgan fingerprint density at radius 1 is 1.26 bits per heavy atom. The molecule has 19 heavy (non-hydrogen) atoms. The molecule has 1 fully saturated rings. The Morgan fingerprint density at radius 3 is 2.47 bits per heavy atom. The average molecular weight is 262 g/mol. The van der Waals surface area contributed by atoms with Crippen LogP contribution in [0.25, 0.3) is 0 Å². The summed E-state index contributed by atoms with van der Waals surface area (Å²) in [5.41, 5.74) is 2.52. The molecule has 0 spiro atoms. The first-order valence-corrected chi connectivity index (χ1v) is 7.46. The monoisotopic (exact) mass is 262 g/mol. The number of aliphatic hydroxyl groups excluding tert-OH is 1. The van der Waals surface area contributed by atoms with Gasteiger partial charge in [0.1, 0.15) is 5.75 Å². The van der Waals surface area contributed by atoms with Gasteiger partial charge in [0.25, 0.3) is 0 Å². The molecule has 2 heteroatoms. The summed E-state index contributed by atoms with van der Waals surface area (Å²) in [6, 6.07) is 6.43. The van der Waals surface area contributed by atoms with Crippen molar-refractivity contribution in [3.8, 4) is 5.75 Å². The summed E-state index contributed by atoms with van der Waals surface area (Å²) >= 11 is 0. The fraction of sp³-hybridized carbons (Fsp3) is 0.647. The molecule has 1 saturated carbocycles. The predicted octanol–water partition coefficient (Wildman–Crippen LogP) is 4.08. The van der Waals surface area contributed by atoms with Gasteiger partial charge in [0.15, 0.2) is 0 Å². The van der Waals surface area contributed by atoms with Gasteiger partial charge in [0.2, 0.25) is 0 Å². The number of aliphatic hydroxyl groups is 1. The maximum atomic E-state index is 9.76. The van der Waals surface area contributed by atoms with Crippen molar-refractivity contribution in [3.63, 3.8) is 0 Å². The van der Waals surface area contributed by atoms with Crippen LogP contribution in [0, 0.1) is 5.92 Å². The zero-order valence-electron chi connectivity index (χ0n) is 12.4. The largest absolute Gasteiger partial charge is 0.496 e. The third-order valence-corrected chi connectivity index (χ3v) is 4.47. The van der Waals surface area contributed by atoms with Crippen molar-refractivity contribution in [2.45, 2.75) is 51.4 Å². The van der Waals surface area contributed by atoms with Gasteiger partial charge in [-0.3, -0.25) is 0 Å². The van der Waals surface area contributed by atoms with Crippen molar-refractivity contribution >= 4 is 0 Å². The number of benzene rings is 1. The smallest absolute Gasteiger partial charge is 0.122 e. The Labute approximate surface area is 116 Å². The number of ether oxygens (including phenoxy) is 1. The number of hydrogen-bond acceptors (Lipinski definition) is 2. The maximum absolute atomic E-state index is 9.76. The highest BCUT2D eigenvalue weighted by Gasteiger charge is 2.26. The van der Waals surface area contributed by atoms with Gasteiger partial charge in [0, 0.05) is 5.92 Å². The van der Waals surface area contributed by atoms with Crippen molar-refractivity contribution in [1.29, 1.82) is 0 Å². The molecule has 1 atom stereocenters. The zero-order valence-corrected chi connectivity index (χ0v) is 12.4. The Kier molecular flexibility index (Phi) is 4.87. The van der Waals surface area contributed by atoms with Gasteiger partial charge < -0.3 is 9.84 Å². The van der Waals surface area contributed by atoms with Crippen molar-refractivity contribution in [2.75, 3.05) is 13.7 Å². The molecule has 0 radical (unpaired) electrons. The lowest BCUT2D eigenvalue weighted by Gasteiger charge is -2.23. The van der Waals surface area contributed by atoms with Crippen LogP contribution in [-0.4, -0.2) is 18.8 Å². The van der Waals surface area contributed by atoms with Gasteiger partial charge in [-0.25, -0.2) is 0 Å². The molecule has 0 amide bonds. The zero-order chi connectivity index (χ0) is 13.8. The second-order valence-corrected chi connectivity index (χ2v) is 5.99. The SMILES string of the molecule is COc1ccc(C(CO)C2CCCC2)cc1C(C)C. The third kappa shape index (κ3) is 3.11. The molecule has 0 aromatic heterocycles. The predicted molar refractivity (Wildman–Crippen MR) is 78.9 cm³/mol. The summed E-state index contributed by atoms with van der Waals surface area (Å²) in [4.78, 5) is 0. The first-order chi connectivity index (χ1) is 9.17. The van der Waals surface area contributed by atoms with Crippen LogP contribution in [0.4, 0.5) is 0 Å². The third-order valence-electron chi connectivity index (χ3n) is 4.47. The quantitative estimate of drug-likeness (QED) is 0.866. The molecule has 1 aliphatic carbocycles. The van der Waals surface area contributed by atoms with Gasteiger partial charge in [-0.1, -0.05) is 38.8 Å². The van der Waals surface area contributed by atoms with E-state index >= 15 is 0 Å². The minimum absolute atomic E-state index is 0.258. The van der Waals surface area contributed by atoms with Crippen molar-refractivity contribution in [2.24, 2.45) is 5.92 Å². The fourth-order valence-corrected chi connectivity index (χ4v) is 3.32. The topological polar surface area (TPSA) is 29.5 Å². The van der Waals surface area contributed by atoms with Crippen LogP contribution >= 0.6 is 0 Å². The first kappa shape index (κ1) is 14.4. The second-order valence-electron chi connectivity index (χ2n) is 5.99. The summed E-state index contributed by atoms with van der Waals surface area (Å²) in [6.45, 7) is 4.63. The van der Waals surface area contributed by atoms with Gasteiger partial charge in [-0.15, -0.1) is 0 Å². The van der Waals surface area contributed by atoms with Crippen LogP contribution in [0.1, 0.15) is 62.5 Å². The van der Waals surface area contributed by atoms with Gasteiger partial charge in [0.05, 0.1) is 13.7 Å². The lowest BCUT2D eigenvalue weighted by molar-refractivity contribution is 0.225. The van der Waals surface area contributed by atoms with Crippen LogP contribution in [-0.2, 0) is 0 Å². The summed E-state index contributed by atoms with van der Waals surface area (Å²) < 4.78 is 5.44. The van der Waals surface area contributed by atoms with Crippen molar-refractivity contribution in [1.82, 2.24) is 0 Å². The summed E-state index contributed by atoms with van der Waals surface area (Å²) in [7, 11) is 1.72. The number of methoxy groups -OCH3 is 1. The Hall–Kier alpha value is -1.02. The summed E-state index contributed by atoms with van der Waals surface area (Å²) in [5.74, 6) is 2.35. The van der Waals surface area contributed by atoms with E-state index in [-0.39, 0.29) is 6.61 Å². The molecule has 1 unspecified atom stereocenters. The maximum Gasteiger partial charge on any atom is 0.122 e. The standard InChI is InChI=1S/C17H26O2/c1-12(2)15-10-14(8-9-17(15)19-3)16(11-18)13-6-4-5-7-13/h8-10,12-13,16,18H,4-7,11H2,1-3H3. The molecule has 1 aromatic rings. The molecule has 0 heterocycles. The van der Waals surface area contributed by atoms with Crippen LogP contribution < -0.4 is 4.74 Å². The van der Waals surface area contributed by atoms with E-state index in [1.807, 2.05) is 0 Å². The lowest BCUT2D eigenvalue weighted by atomic mass is 9.84. The highest BCUT2D eigenvalue weighted by Crippen LogP contribution is 2.39. The molecule has 0 saturated heterocycles. The molecule has 106 valence electrons. The van der Waals surface area contributed by atoms with E-state index in [1.54, 1.807) is 7.11 Å². The summed E-state index contributed by atoms with van der Waals surface area (Å²) in [6.07, 6.45) is 5.14. The van der Waals surface area contributed by atoms with Crippen molar-refractivity contribution < 1.29 is 9.84 Å². The van der Waals surface area contributed by atoms with E-state index in [2.05, 4.69) is 32.0 Å². The minimum Gasteiger partial charge on any atom is -0.496 e. The van der Waals surface area contributed by atoms with Gasteiger partial charge in [-0.05, 0) is 41.9 Å². The molecule has 1 aromatic carbocycles. The Balaban J connectivity index is 2.29. The Bertz CT molecular complexity index is 406.